The van der Waals surface area contributed by atoms with E-state index < -0.39 is 0 Å². The number of aryl methyl sites for hydroxylation is 2. The van der Waals surface area contributed by atoms with Crippen LogP contribution in [0, 0.1) is 0 Å². The molecule has 4 rings (SSSR count). The quantitative estimate of drug-likeness (QED) is 0.307. The summed E-state index contributed by atoms with van der Waals surface area (Å²) in [4.78, 5) is 12.5. The number of nitrogens with zero attached hydrogens (tertiary/aromatic N) is 1. The number of anilines is 1. The van der Waals surface area contributed by atoms with Crippen molar-refractivity contribution in [3.63, 3.8) is 0 Å². The monoisotopic (exact) mass is 449 g/mol. The van der Waals surface area contributed by atoms with Gasteiger partial charge in [-0.25, -0.2) is 0 Å². The van der Waals surface area contributed by atoms with Crippen LogP contribution in [0.4, 0.5) is 5.69 Å². The highest BCUT2D eigenvalue weighted by Crippen LogP contribution is 2.21. The summed E-state index contributed by atoms with van der Waals surface area (Å²) < 4.78 is 8.50. The van der Waals surface area contributed by atoms with Gasteiger partial charge in [-0.15, -0.1) is 0 Å². The fourth-order valence-corrected chi connectivity index (χ4v) is 3.99. The standard InChI is InChI=1S/C24H21BrN2O2/c25-23-17-20(11-14-27(23)13-5-8-18-6-2-1-3-7-18)26-24(28)16-19-9-4-10-22-21(19)12-15-29-22/h1-4,6-7,9-12,14-15,17H,5,8,13,16H2/p+1. The molecule has 0 saturated heterocycles. The number of nitrogens with one attached hydrogen (secondary N) is 1. The van der Waals surface area contributed by atoms with Crippen LogP contribution in [-0.2, 0) is 24.2 Å². The molecule has 2 aromatic carbocycles. The van der Waals surface area contributed by atoms with E-state index in [0.29, 0.717) is 6.42 Å². The largest absolute Gasteiger partial charge is 0.464 e. The van der Waals surface area contributed by atoms with E-state index in [2.05, 4.69) is 50.1 Å². The van der Waals surface area contributed by atoms with Crippen LogP contribution in [-0.4, -0.2) is 5.91 Å². The highest BCUT2D eigenvalue weighted by atomic mass is 79.9. The number of halogens is 1. The van der Waals surface area contributed by atoms with E-state index in [-0.39, 0.29) is 5.91 Å². The Bertz CT molecular complexity index is 1120. The van der Waals surface area contributed by atoms with E-state index in [1.54, 1.807) is 6.26 Å². The van der Waals surface area contributed by atoms with Crippen LogP contribution in [0.15, 0.2) is 88.2 Å². The first-order valence-corrected chi connectivity index (χ1v) is 10.5. The number of benzene rings is 2. The highest BCUT2D eigenvalue weighted by Gasteiger charge is 2.12. The van der Waals surface area contributed by atoms with Crippen LogP contribution >= 0.6 is 15.9 Å². The van der Waals surface area contributed by atoms with Crippen molar-refractivity contribution in [2.75, 3.05) is 5.32 Å². The van der Waals surface area contributed by atoms with Crippen LogP contribution in [0.25, 0.3) is 11.0 Å². The Morgan fingerprint density at radius 2 is 1.90 bits per heavy atom. The van der Waals surface area contributed by atoms with Gasteiger partial charge in [0.05, 0.1) is 18.4 Å². The predicted molar refractivity (Wildman–Crippen MR) is 118 cm³/mol. The average molecular weight is 450 g/mol. The van der Waals surface area contributed by atoms with Crippen molar-refractivity contribution < 1.29 is 13.8 Å². The van der Waals surface area contributed by atoms with Gasteiger partial charge in [-0.1, -0.05) is 42.5 Å². The molecule has 0 aliphatic heterocycles. The molecule has 5 heteroatoms. The molecule has 0 spiro atoms. The molecule has 0 saturated carbocycles. The van der Waals surface area contributed by atoms with Crippen LogP contribution in [0.5, 0.6) is 0 Å². The van der Waals surface area contributed by atoms with Gasteiger partial charge in [-0.05, 0) is 29.7 Å². The minimum absolute atomic E-state index is 0.0487. The lowest BCUT2D eigenvalue weighted by atomic mass is 10.1. The second kappa shape index (κ2) is 9.05. The van der Waals surface area contributed by atoms with Crippen LogP contribution in [0.2, 0.25) is 0 Å². The van der Waals surface area contributed by atoms with Gasteiger partial charge in [0.2, 0.25) is 10.5 Å². The van der Waals surface area contributed by atoms with E-state index in [9.17, 15) is 4.79 Å². The molecule has 4 nitrogen and oxygen atoms in total. The van der Waals surface area contributed by atoms with Gasteiger partial charge in [-0.2, -0.15) is 4.57 Å². The van der Waals surface area contributed by atoms with E-state index in [4.69, 9.17) is 4.42 Å². The van der Waals surface area contributed by atoms with Gasteiger partial charge in [0.1, 0.15) is 12.1 Å². The molecule has 0 fully saturated rings. The van der Waals surface area contributed by atoms with Crippen LogP contribution in [0.1, 0.15) is 17.5 Å². The maximum atomic E-state index is 12.5. The minimum Gasteiger partial charge on any atom is -0.464 e. The maximum absolute atomic E-state index is 12.5. The molecular weight excluding hydrogens is 428 g/mol. The highest BCUT2D eigenvalue weighted by molar-refractivity contribution is 9.10. The minimum atomic E-state index is -0.0487. The molecule has 1 amide bonds. The second-order valence-electron chi connectivity index (χ2n) is 7.00. The summed E-state index contributed by atoms with van der Waals surface area (Å²) in [5.74, 6) is -0.0487. The first kappa shape index (κ1) is 19.4. The number of pyridine rings is 1. The van der Waals surface area contributed by atoms with Crippen molar-refractivity contribution in [1.29, 1.82) is 0 Å². The van der Waals surface area contributed by atoms with Crippen molar-refractivity contribution >= 4 is 38.5 Å². The number of hydrogen-bond acceptors (Lipinski definition) is 2. The van der Waals surface area contributed by atoms with Gasteiger partial charge in [0.15, 0.2) is 6.20 Å². The summed E-state index contributed by atoms with van der Waals surface area (Å²) in [7, 11) is 0. The maximum Gasteiger partial charge on any atom is 0.249 e. The number of amides is 1. The summed E-state index contributed by atoms with van der Waals surface area (Å²) >= 11 is 3.62. The molecule has 0 unspecified atom stereocenters. The molecule has 0 radical (unpaired) electrons. The summed E-state index contributed by atoms with van der Waals surface area (Å²) in [6.07, 6.45) is 6.05. The Balaban J connectivity index is 1.35. The van der Waals surface area contributed by atoms with Gasteiger partial charge in [-0.3, -0.25) is 4.79 Å². The lowest BCUT2D eigenvalue weighted by molar-refractivity contribution is -0.707. The molecule has 0 bridgehead atoms. The smallest absolute Gasteiger partial charge is 0.249 e. The second-order valence-corrected chi connectivity index (χ2v) is 7.81. The molecule has 0 aliphatic carbocycles. The van der Waals surface area contributed by atoms with Crippen molar-refractivity contribution in [2.24, 2.45) is 0 Å². The third-order valence-corrected chi connectivity index (χ3v) is 5.60. The fourth-order valence-electron chi connectivity index (χ4n) is 3.45. The first-order chi connectivity index (χ1) is 14.2. The Kier molecular flexibility index (Phi) is 6.06. The lowest BCUT2D eigenvalue weighted by Gasteiger charge is -2.07. The molecule has 29 heavy (non-hydrogen) atoms. The number of aromatic nitrogens is 1. The van der Waals surface area contributed by atoms with E-state index in [0.717, 1.165) is 46.2 Å². The summed E-state index contributed by atoms with van der Waals surface area (Å²) in [5.41, 5.74) is 3.88. The third kappa shape index (κ3) is 4.93. The molecular formula is C24H22BrN2O2+. The van der Waals surface area contributed by atoms with Gasteiger partial charge in [0, 0.05) is 39.9 Å². The third-order valence-electron chi connectivity index (χ3n) is 4.91. The first-order valence-electron chi connectivity index (χ1n) is 9.67. The molecule has 2 aromatic heterocycles. The summed E-state index contributed by atoms with van der Waals surface area (Å²) in [5, 5.41) is 3.96. The molecule has 0 atom stereocenters. The Hall–Kier alpha value is -2.92. The number of furan rings is 1. The average Bonchev–Trinajstić information content (AvgIpc) is 3.20. The molecule has 2 heterocycles. The predicted octanol–water partition coefficient (Wildman–Crippen LogP) is 5.30. The number of hydrogen-bond donors (Lipinski definition) is 1. The topological polar surface area (TPSA) is 46.1 Å². The Labute approximate surface area is 178 Å². The molecule has 0 aliphatic rings. The van der Waals surface area contributed by atoms with Gasteiger partial charge < -0.3 is 9.73 Å². The number of carbonyl (C=O) groups excluding carboxylic acids is 1. The lowest BCUT2D eigenvalue weighted by Crippen LogP contribution is -2.35. The Morgan fingerprint density at radius 1 is 1.03 bits per heavy atom. The molecule has 1 N–H and O–H groups in total. The Morgan fingerprint density at radius 3 is 2.72 bits per heavy atom. The summed E-state index contributed by atoms with van der Waals surface area (Å²) in [6, 6.07) is 22.0. The van der Waals surface area contributed by atoms with Crippen molar-refractivity contribution in [2.45, 2.75) is 25.8 Å². The molecule has 4 aromatic rings. The fraction of sp³-hybridized carbons (Fsp3) is 0.167. The number of fused-ring (bicyclic) bond motifs is 1. The SMILES string of the molecule is O=C(Cc1cccc2occc12)Nc1cc[n+](CCCc2ccccc2)c(Br)c1. The van der Waals surface area contributed by atoms with E-state index in [1.165, 1.54) is 5.56 Å². The number of carbonyl (C=O) groups is 1. The zero-order valence-corrected chi connectivity index (χ0v) is 17.6. The molecule has 146 valence electrons. The van der Waals surface area contributed by atoms with Crippen molar-refractivity contribution in [3.8, 4) is 0 Å². The van der Waals surface area contributed by atoms with Crippen molar-refractivity contribution in [3.05, 3.63) is 94.9 Å². The van der Waals surface area contributed by atoms with E-state index in [1.807, 2.05) is 48.7 Å². The van der Waals surface area contributed by atoms with Crippen LogP contribution in [0.3, 0.4) is 0 Å². The zero-order valence-electron chi connectivity index (χ0n) is 16.0. The normalized spacial score (nSPS) is 10.9. The van der Waals surface area contributed by atoms with Crippen molar-refractivity contribution in [1.82, 2.24) is 0 Å². The zero-order chi connectivity index (χ0) is 20.1. The summed E-state index contributed by atoms with van der Waals surface area (Å²) in [6.45, 7) is 0.909. The van der Waals surface area contributed by atoms with Gasteiger partial charge >= 0.3 is 0 Å². The van der Waals surface area contributed by atoms with Gasteiger partial charge in [0.25, 0.3) is 0 Å². The number of rotatable bonds is 7. The van der Waals surface area contributed by atoms with E-state index >= 15 is 0 Å². The van der Waals surface area contributed by atoms with Crippen LogP contribution < -0.4 is 9.88 Å².